The summed E-state index contributed by atoms with van der Waals surface area (Å²) in [5.41, 5.74) is 1.66. The first kappa shape index (κ1) is 9.49. The first-order chi connectivity index (χ1) is 6.68. The second-order valence-electron chi connectivity index (χ2n) is 2.80. The summed E-state index contributed by atoms with van der Waals surface area (Å²) in [6, 6.07) is 5.58. The van der Waals surface area contributed by atoms with E-state index >= 15 is 0 Å². The van der Waals surface area contributed by atoms with Gasteiger partial charge in [0.05, 0.1) is 10.6 Å². The fourth-order valence-corrected chi connectivity index (χ4v) is 1.44. The third-order valence-corrected chi connectivity index (χ3v) is 2.48. The average Bonchev–Trinajstić information content (AvgIpc) is 2.57. The Bertz CT molecular complexity index is 468. The van der Waals surface area contributed by atoms with Crippen molar-refractivity contribution >= 4 is 23.2 Å². The van der Waals surface area contributed by atoms with Gasteiger partial charge in [-0.05, 0) is 30.2 Å². The number of aryl methyl sites for hydroxylation is 1. The molecular weight excluding hydrogens is 223 g/mol. The Morgan fingerprint density at radius 3 is 2.64 bits per heavy atom. The molecule has 0 N–H and O–H groups in total. The van der Waals surface area contributed by atoms with Gasteiger partial charge < -0.3 is 4.42 Å². The molecule has 2 rings (SSSR count). The number of nitrogens with zero attached hydrogens (tertiary/aromatic N) is 2. The smallest absolute Gasteiger partial charge is 0.313 e. The van der Waals surface area contributed by atoms with Crippen molar-refractivity contribution in [2.45, 2.75) is 6.92 Å². The van der Waals surface area contributed by atoms with Crippen molar-refractivity contribution in [2.75, 3.05) is 0 Å². The minimum absolute atomic E-state index is 0.0116. The molecule has 0 radical (unpaired) electrons. The predicted molar refractivity (Wildman–Crippen MR) is 54.5 cm³/mol. The van der Waals surface area contributed by atoms with Gasteiger partial charge in [-0.2, -0.15) is 0 Å². The van der Waals surface area contributed by atoms with Crippen LogP contribution in [-0.4, -0.2) is 10.2 Å². The highest BCUT2D eigenvalue weighted by Crippen LogP contribution is 2.29. The van der Waals surface area contributed by atoms with Crippen LogP contribution in [0.2, 0.25) is 10.4 Å². The van der Waals surface area contributed by atoms with Crippen molar-refractivity contribution in [3.63, 3.8) is 0 Å². The van der Waals surface area contributed by atoms with Crippen LogP contribution in [0.3, 0.4) is 0 Å². The molecule has 1 heterocycles. The van der Waals surface area contributed by atoms with Gasteiger partial charge in [0.15, 0.2) is 0 Å². The molecular formula is C9H6Cl2N2O. The van der Waals surface area contributed by atoms with Crippen LogP contribution in [0.5, 0.6) is 0 Å². The second kappa shape index (κ2) is 3.59. The lowest BCUT2D eigenvalue weighted by Gasteiger charge is -2.00. The van der Waals surface area contributed by atoms with Crippen molar-refractivity contribution in [2.24, 2.45) is 0 Å². The first-order valence-electron chi connectivity index (χ1n) is 3.93. The van der Waals surface area contributed by atoms with Crippen LogP contribution >= 0.6 is 23.2 Å². The monoisotopic (exact) mass is 228 g/mol. The largest absolute Gasteiger partial charge is 0.407 e. The van der Waals surface area contributed by atoms with E-state index < -0.39 is 0 Å². The highest BCUT2D eigenvalue weighted by Gasteiger charge is 2.11. The molecule has 14 heavy (non-hydrogen) atoms. The standard InChI is InChI=1S/C9H6Cl2N2O/c1-5-3-2-4-6(7(5)10)8-12-13-9(11)14-8/h2-4H,1H3. The van der Waals surface area contributed by atoms with E-state index in [1.807, 2.05) is 19.1 Å². The highest BCUT2D eigenvalue weighted by atomic mass is 35.5. The molecule has 72 valence electrons. The molecule has 0 aliphatic heterocycles. The van der Waals surface area contributed by atoms with Gasteiger partial charge in [-0.3, -0.25) is 0 Å². The molecule has 0 amide bonds. The van der Waals surface area contributed by atoms with E-state index in [1.54, 1.807) is 6.07 Å². The van der Waals surface area contributed by atoms with Gasteiger partial charge in [0, 0.05) is 0 Å². The third-order valence-electron chi connectivity index (χ3n) is 1.82. The number of rotatable bonds is 1. The summed E-state index contributed by atoms with van der Waals surface area (Å²) < 4.78 is 5.06. The van der Waals surface area contributed by atoms with Gasteiger partial charge in [-0.15, -0.1) is 5.10 Å². The highest BCUT2D eigenvalue weighted by molar-refractivity contribution is 6.34. The van der Waals surface area contributed by atoms with Gasteiger partial charge in [-0.25, -0.2) is 0 Å². The number of hydrogen-bond donors (Lipinski definition) is 0. The van der Waals surface area contributed by atoms with Crippen LogP contribution in [0.1, 0.15) is 5.56 Å². The Balaban J connectivity index is 2.57. The van der Waals surface area contributed by atoms with Crippen LogP contribution in [0.15, 0.2) is 22.6 Å². The molecule has 0 bridgehead atoms. The van der Waals surface area contributed by atoms with Crippen LogP contribution in [0, 0.1) is 6.92 Å². The van der Waals surface area contributed by atoms with E-state index in [-0.39, 0.29) is 5.35 Å². The summed E-state index contributed by atoms with van der Waals surface area (Å²) in [5, 5.41) is 7.92. The average molecular weight is 229 g/mol. The zero-order valence-electron chi connectivity index (χ0n) is 7.29. The molecule has 0 saturated heterocycles. The van der Waals surface area contributed by atoms with E-state index in [2.05, 4.69) is 10.2 Å². The maximum absolute atomic E-state index is 6.07. The third kappa shape index (κ3) is 1.61. The fraction of sp³-hybridized carbons (Fsp3) is 0.111. The Kier molecular flexibility index (Phi) is 2.44. The number of benzene rings is 1. The number of halogens is 2. The molecule has 0 aliphatic carbocycles. The molecule has 1 aromatic heterocycles. The van der Waals surface area contributed by atoms with Crippen LogP contribution in [0.4, 0.5) is 0 Å². The molecule has 0 spiro atoms. The summed E-state index contributed by atoms with van der Waals surface area (Å²) in [4.78, 5) is 0. The molecule has 0 atom stereocenters. The van der Waals surface area contributed by atoms with E-state index in [1.165, 1.54) is 0 Å². The van der Waals surface area contributed by atoms with Crippen LogP contribution in [0.25, 0.3) is 11.5 Å². The van der Waals surface area contributed by atoms with Gasteiger partial charge in [0.1, 0.15) is 0 Å². The minimum atomic E-state index is 0.0116. The van der Waals surface area contributed by atoms with Crippen LogP contribution < -0.4 is 0 Å². The topological polar surface area (TPSA) is 38.9 Å². The van der Waals surface area contributed by atoms with Crippen molar-refractivity contribution in [3.8, 4) is 11.5 Å². The van der Waals surface area contributed by atoms with Gasteiger partial charge >= 0.3 is 5.35 Å². The lowest BCUT2D eigenvalue weighted by atomic mass is 10.1. The van der Waals surface area contributed by atoms with E-state index in [9.17, 15) is 0 Å². The molecule has 0 aliphatic rings. The zero-order chi connectivity index (χ0) is 10.1. The molecule has 0 fully saturated rings. The summed E-state index contributed by atoms with van der Waals surface area (Å²) in [6.45, 7) is 1.91. The summed E-state index contributed by atoms with van der Waals surface area (Å²) in [6.07, 6.45) is 0. The Morgan fingerprint density at radius 2 is 2.00 bits per heavy atom. The van der Waals surface area contributed by atoms with Crippen molar-refractivity contribution in [3.05, 3.63) is 34.1 Å². The zero-order valence-corrected chi connectivity index (χ0v) is 8.80. The molecule has 5 heteroatoms. The Hall–Kier alpha value is -1.06. The number of aromatic nitrogens is 2. The minimum Gasteiger partial charge on any atom is -0.407 e. The molecule has 3 nitrogen and oxygen atoms in total. The first-order valence-corrected chi connectivity index (χ1v) is 4.68. The quantitative estimate of drug-likeness (QED) is 0.752. The predicted octanol–water partition coefficient (Wildman–Crippen LogP) is 3.35. The van der Waals surface area contributed by atoms with Crippen molar-refractivity contribution in [1.82, 2.24) is 10.2 Å². The van der Waals surface area contributed by atoms with Gasteiger partial charge in [-0.1, -0.05) is 28.8 Å². The molecule has 0 saturated carbocycles. The SMILES string of the molecule is Cc1cccc(-c2nnc(Cl)o2)c1Cl. The van der Waals surface area contributed by atoms with Crippen molar-refractivity contribution < 1.29 is 4.42 Å². The molecule has 0 unspecified atom stereocenters. The van der Waals surface area contributed by atoms with Crippen molar-refractivity contribution in [1.29, 1.82) is 0 Å². The van der Waals surface area contributed by atoms with Gasteiger partial charge in [0.2, 0.25) is 0 Å². The lowest BCUT2D eigenvalue weighted by Crippen LogP contribution is -1.82. The lowest BCUT2D eigenvalue weighted by molar-refractivity contribution is 0.571. The molecule has 2 aromatic rings. The Labute approximate surface area is 90.7 Å². The summed E-state index contributed by atoms with van der Waals surface area (Å²) in [7, 11) is 0. The second-order valence-corrected chi connectivity index (χ2v) is 3.50. The molecule has 1 aromatic carbocycles. The fourth-order valence-electron chi connectivity index (χ4n) is 1.13. The summed E-state index contributed by atoms with van der Waals surface area (Å²) in [5.74, 6) is 0.337. The summed E-state index contributed by atoms with van der Waals surface area (Å²) >= 11 is 11.6. The Morgan fingerprint density at radius 1 is 1.21 bits per heavy atom. The van der Waals surface area contributed by atoms with E-state index in [4.69, 9.17) is 27.6 Å². The number of hydrogen-bond acceptors (Lipinski definition) is 3. The maximum Gasteiger partial charge on any atom is 0.313 e. The maximum atomic E-state index is 6.07. The van der Waals surface area contributed by atoms with Crippen LogP contribution in [-0.2, 0) is 0 Å². The normalized spacial score (nSPS) is 10.5. The van der Waals surface area contributed by atoms with E-state index in [0.717, 1.165) is 5.56 Å². The van der Waals surface area contributed by atoms with E-state index in [0.29, 0.717) is 16.5 Å². The van der Waals surface area contributed by atoms with Gasteiger partial charge in [0.25, 0.3) is 5.89 Å².